The third kappa shape index (κ3) is 41.9. The Morgan fingerprint density at radius 2 is 1.19 bits per heavy atom. The number of quaternary nitrogens is 1. The van der Waals surface area contributed by atoms with Gasteiger partial charge in [-0.1, -0.05) is 165 Å². The highest BCUT2D eigenvalue weighted by Gasteiger charge is 2.21. The lowest BCUT2D eigenvalue weighted by molar-refractivity contribution is -0.870. The molecule has 57 heavy (non-hydrogen) atoms. The molecule has 3 atom stereocenters. The van der Waals surface area contributed by atoms with Crippen molar-refractivity contribution in [3.63, 3.8) is 0 Å². The number of unbranched alkanes of at least 4 members (excludes halogenated alkanes) is 18. The molecular formula is C46H84NO9P. The Morgan fingerprint density at radius 1 is 0.649 bits per heavy atom. The van der Waals surface area contributed by atoms with Crippen LogP contribution in [0.2, 0.25) is 0 Å². The van der Waals surface area contributed by atoms with Crippen LogP contribution in [0.15, 0.2) is 48.6 Å². The zero-order valence-electron chi connectivity index (χ0n) is 36.9. The maximum absolute atomic E-state index is 12.7. The van der Waals surface area contributed by atoms with E-state index in [1.54, 1.807) is 6.08 Å². The van der Waals surface area contributed by atoms with E-state index in [9.17, 15) is 24.2 Å². The number of aliphatic hydroxyl groups excluding tert-OH is 1. The van der Waals surface area contributed by atoms with E-state index < -0.39 is 38.6 Å². The Kier molecular flexibility index (Phi) is 36.8. The zero-order chi connectivity index (χ0) is 42.3. The van der Waals surface area contributed by atoms with Crippen LogP contribution in [0.4, 0.5) is 0 Å². The first-order valence-corrected chi connectivity index (χ1v) is 23.9. The number of nitrogens with zero attached hydrogens (tertiary/aromatic N) is 1. The van der Waals surface area contributed by atoms with Crippen molar-refractivity contribution >= 4 is 19.8 Å². The number of carbonyl (C=O) groups excluding carboxylic acids is 2. The summed E-state index contributed by atoms with van der Waals surface area (Å²) in [6.07, 6.45) is 40.3. The molecule has 0 aromatic carbocycles. The molecule has 0 aromatic heterocycles. The molecule has 0 heterocycles. The first kappa shape index (κ1) is 54.9. The van der Waals surface area contributed by atoms with Crippen LogP contribution < -0.4 is 4.89 Å². The molecule has 0 aliphatic heterocycles. The predicted molar refractivity (Wildman–Crippen MR) is 233 cm³/mol. The lowest BCUT2D eigenvalue weighted by atomic mass is 10.0. The molecule has 0 amide bonds. The molecule has 332 valence electrons. The number of esters is 2. The Hall–Kier alpha value is -2.07. The van der Waals surface area contributed by atoms with Gasteiger partial charge in [0.05, 0.1) is 33.9 Å². The normalized spacial score (nSPS) is 14.6. The summed E-state index contributed by atoms with van der Waals surface area (Å²) >= 11 is 0. The van der Waals surface area contributed by atoms with Gasteiger partial charge in [-0.05, 0) is 44.9 Å². The van der Waals surface area contributed by atoms with E-state index in [1.807, 2.05) is 57.6 Å². The number of aliphatic hydroxyl groups is 1. The van der Waals surface area contributed by atoms with Crippen LogP contribution in [0.5, 0.6) is 0 Å². The summed E-state index contributed by atoms with van der Waals surface area (Å²) in [6, 6.07) is 0. The number of phosphoric acid groups is 1. The lowest BCUT2D eigenvalue weighted by Crippen LogP contribution is -2.37. The fraction of sp³-hybridized carbons (Fsp3) is 0.783. The average molecular weight is 826 g/mol. The van der Waals surface area contributed by atoms with Gasteiger partial charge in [0.1, 0.15) is 19.8 Å². The number of phosphoric ester groups is 1. The van der Waals surface area contributed by atoms with Crippen molar-refractivity contribution in [2.75, 3.05) is 47.5 Å². The van der Waals surface area contributed by atoms with Gasteiger partial charge in [-0.15, -0.1) is 0 Å². The maximum atomic E-state index is 12.7. The Bertz CT molecular complexity index is 1130. The van der Waals surface area contributed by atoms with E-state index in [1.165, 1.54) is 96.3 Å². The van der Waals surface area contributed by atoms with Crippen molar-refractivity contribution < 1.29 is 47.2 Å². The van der Waals surface area contributed by atoms with Crippen LogP contribution in [0.3, 0.4) is 0 Å². The van der Waals surface area contributed by atoms with Crippen LogP contribution in [-0.4, -0.2) is 81.2 Å². The van der Waals surface area contributed by atoms with Crippen LogP contribution in [0.25, 0.3) is 0 Å². The molecule has 0 saturated carbocycles. The average Bonchev–Trinajstić information content (AvgIpc) is 3.15. The molecular weight excluding hydrogens is 741 g/mol. The van der Waals surface area contributed by atoms with E-state index in [2.05, 4.69) is 19.9 Å². The largest absolute Gasteiger partial charge is 0.756 e. The number of ether oxygens (including phenoxy) is 2. The Balaban J connectivity index is 4.51. The SMILES string of the molecule is CCCCC/C=C\C[C@H](O)/C=C/C=C\C/C=C\CCCC(=O)O[C@H](COC(=O)CCCCCCCCCCCCCCCCC)COP(=O)([O-])OCC[N+](C)(C)C. The Labute approximate surface area is 348 Å². The number of hydrogen-bond donors (Lipinski definition) is 1. The summed E-state index contributed by atoms with van der Waals surface area (Å²) in [5.41, 5.74) is 0. The highest BCUT2D eigenvalue weighted by atomic mass is 31.2. The van der Waals surface area contributed by atoms with Gasteiger partial charge in [0.15, 0.2) is 6.10 Å². The van der Waals surface area contributed by atoms with Crippen molar-refractivity contribution in [3.05, 3.63) is 48.6 Å². The van der Waals surface area contributed by atoms with Crippen LogP contribution in [0.1, 0.15) is 174 Å². The van der Waals surface area contributed by atoms with E-state index in [-0.39, 0.29) is 26.1 Å². The maximum Gasteiger partial charge on any atom is 0.306 e. The third-order valence-corrected chi connectivity index (χ3v) is 10.4. The van der Waals surface area contributed by atoms with Gasteiger partial charge in [-0.3, -0.25) is 14.2 Å². The molecule has 0 fully saturated rings. The molecule has 10 nitrogen and oxygen atoms in total. The molecule has 0 spiro atoms. The second-order valence-electron chi connectivity index (χ2n) is 16.3. The zero-order valence-corrected chi connectivity index (χ0v) is 37.8. The second-order valence-corrected chi connectivity index (χ2v) is 17.7. The molecule has 0 radical (unpaired) electrons. The summed E-state index contributed by atoms with van der Waals surface area (Å²) in [6.45, 7) is 4.04. The van der Waals surface area contributed by atoms with Crippen molar-refractivity contribution in [3.8, 4) is 0 Å². The van der Waals surface area contributed by atoms with Crippen molar-refractivity contribution in [2.24, 2.45) is 0 Å². The van der Waals surface area contributed by atoms with Gasteiger partial charge < -0.3 is 33.0 Å². The van der Waals surface area contributed by atoms with Crippen LogP contribution in [0, 0.1) is 0 Å². The number of hydrogen-bond acceptors (Lipinski definition) is 9. The highest BCUT2D eigenvalue weighted by molar-refractivity contribution is 7.45. The monoisotopic (exact) mass is 826 g/mol. The van der Waals surface area contributed by atoms with Gasteiger partial charge in [0.2, 0.25) is 0 Å². The summed E-state index contributed by atoms with van der Waals surface area (Å²) < 4.78 is 33.8. The molecule has 11 heteroatoms. The molecule has 1 N–H and O–H groups in total. The van der Waals surface area contributed by atoms with Crippen molar-refractivity contribution in [1.82, 2.24) is 0 Å². The minimum atomic E-state index is -4.65. The molecule has 0 bridgehead atoms. The van der Waals surface area contributed by atoms with Crippen molar-refractivity contribution in [1.29, 1.82) is 0 Å². The van der Waals surface area contributed by atoms with E-state index in [0.717, 1.165) is 25.7 Å². The van der Waals surface area contributed by atoms with Crippen LogP contribution in [-0.2, 0) is 32.7 Å². The smallest absolute Gasteiger partial charge is 0.306 e. The molecule has 1 unspecified atom stereocenters. The predicted octanol–water partition coefficient (Wildman–Crippen LogP) is 11.0. The molecule has 0 aliphatic rings. The van der Waals surface area contributed by atoms with E-state index in [4.69, 9.17) is 18.5 Å². The van der Waals surface area contributed by atoms with E-state index >= 15 is 0 Å². The topological polar surface area (TPSA) is 131 Å². The fourth-order valence-corrected chi connectivity index (χ4v) is 6.58. The Morgan fingerprint density at radius 3 is 1.81 bits per heavy atom. The summed E-state index contributed by atoms with van der Waals surface area (Å²) in [5, 5.41) is 10.0. The second kappa shape index (κ2) is 38.2. The van der Waals surface area contributed by atoms with Crippen LogP contribution >= 0.6 is 7.82 Å². The van der Waals surface area contributed by atoms with Gasteiger partial charge in [-0.2, -0.15) is 0 Å². The minimum absolute atomic E-state index is 0.0523. The fourth-order valence-electron chi connectivity index (χ4n) is 5.85. The van der Waals surface area contributed by atoms with Gasteiger partial charge in [0, 0.05) is 12.8 Å². The molecule has 0 aliphatic carbocycles. The minimum Gasteiger partial charge on any atom is -0.756 e. The summed E-state index contributed by atoms with van der Waals surface area (Å²) in [4.78, 5) is 37.5. The highest BCUT2D eigenvalue weighted by Crippen LogP contribution is 2.38. The quantitative estimate of drug-likeness (QED) is 0.0160. The first-order chi connectivity index (χ1) is 27.4. The number of allylic oxidation sites excluding steroid dienone is 6. The first-order valence-electron chi connectivity index (χ1n) is 22.5. The number of rotatable bonds is 40. The summed E-state index contributed by atoms with van der Waals surface area (Å²) in [5.74, 6) is -0.937. The number of carbonyl (C=O) groups is 2. The van der Waals surface area contributed by atoms with Gasteiger partial charge in [-0.25, -0.2) is 0 Å². The standard InChI is InChI=1S/C46H84NO9P/c1-6-8-10-12-14-15-16-17-18-19-20-21-25-29-33-37-45(49)53-41-44(42-55-57(51,52)54-40-39-47(3,4)5)56-46(50)38-34-30-26-23-22-24-28-32-36-43(48)35-31-27-13-11-9-7-2/h23-24,26-28,31-32,36,43-44,48H,6-22,25,29-30,33-35,37-42H2,1-5H3/b26-23-,28-24-,31-27-,36-32+/t43-,44+/m0/s1. The van der Waals surface area contributed by atoms with Crippen molar-refractivity contribution in [2.45, 2.75) is 187 Å². The summed E-state index contributed by atoms with van der Waals surface area (Å²) in [7, 11) is 1.09. The van der Waals surface area contributed by atoms with E-state index in [0.29, 0.717) is 36.7 Å². The number of likely N-dealkylation sites (N-methyl/N-ethyl adjacent to an activating group) is 1. The van der Waals surface area contributed by atoms with Gasteiger partial charge in [0.25, 0.3) is 7.82 Å². The lowest BCUT2D eigenvalue weighted by Gasteiger charge is -2.28. The molecule has 0 rings (SSSR count). The third-order valence-electron chi connectivity index (χ3n) is 9.43. The molecule has 0 aromatic rings. The molecule has 0 saturated heterocycles. The van der Waals surface area contributed by atoms with Gasteiger partial charge >= 0.3 is 11.9 Å².